The first-order valence-electron chi connectivity index (χ1n) is 9.01. The summed E-state index contributed by atoms with van der Waals surface area (Å²) >= 11 is -2.11. The van der Waals surface area contributed by atoms with Crippen LogP contribution in [0.4, 0.5) is 4.39 Å². The van der Waals surface area contributed by atoms with Crippen LogP contribution in [0.15, 0.2) is 48.0 Å². The Morgan fingerprint density at radius 1 is 1.21 bits per heavy atom. The van der Waals surface area contributed by atoms with Crippen LogP contribution in [-0.2, 0) is 17.8 Å². The number of rotatable bonds is 6. The summed E-state index contributed by atoms with van der Waals surface area (Å²) in [6.45, 7) is 4.13. The van der Waals surface area contributed by atoms with E-state index in [0.717, 1.165) is 22.3 Å². The van der Waals surface area contributed by atoms with E-state index in [1.54, 1.807) is 12.1 Å². The van der Waals surface area contributed by atoms with Crippen molar-refractivity contribution < 1.29 is 17.9 Å². The Hall–Kier alpha value is -2.53. The van der Waals surface area contributed by atoms with Gasteiger partial charge in [-0.05, 0) is 42.2 Å². The molecule has 0 saturated heterocycles. The van der Waals surface area contributed by atoms with E-state index in [2.05, 4.69) is 10.8 Å². The summed E-state index contributed by atoms with van der Waals surface area (Å²) in [6.07, 6.45) is 1.19. The number of halogens is 1. The first kappa shape index (κ1) is 20.2. The minimum atomic E-state index is -2.11. The van der Waals surface area contributed by atoms with E-state index in [1.165, 1.54) is 12.1 Å². The second-order valence-corrected chi connectivity index (χ2v) is 7.36. The third-order valence-corrected chi connectivity index (χ3v) is 5.50. The minimum absolute atomic E-state index is 0.200. The highest BCUT2D eigenvalue weighted by Gasteiger charge is 2.41. The molecule has 1 aliphatic heterocycles. The van der Waals surface area contributed by atoms with Crippen molar-refractivity contribution in [2.24, 2.45) is 0 Å². The van der Waals surface area contributed by atoms with Gasteiger partial charge < -0.3 is 4.74 Å². The Balaban J connectivity index is 2.21. The van der Waals surface area contributed by atoms with Crippen molar-refractivity contribution in [3.05, 3.63) is 70.5 Å². The molecule has 7 heteroatoms. The molecule has 1 unspecified atom stereocenters. The molecular formula is C21H21FN2O3S. The Labute approximate surface area is 166 Å². The second-order valence-electron chi connectivity index (χ2n) is 6.57. The van der Waals surface area contributed by atoms with E-state index in [9.17, 15) is 13.9 Å². The zero-order valence-corrected chi connectivity index (χ0v) is 16.5. The Kier molecular flexibility index (Phi) is 5.94. The monoisotopic (exact) mass is 400 g/mol. The van der Waals surface area contributed by atoms with Crippen LogP contribution in [0.1, 0.15) is 43.4 Å². The molecule has 3 rings (SSSR count). The predicted octanol–water partition coefficient (Wildman–Crippen LogP) is 4.33. The summed E-state index contributed by atoms with van der Waals surface area (Å²) in [4.78, 5) is 0. The standard InChI is InChI=1S/C21H21FN2O3S/c1-3-21(4-2)18(12-23)20(15-6-8-16(22)9-7-15)17-10-5-14(11-19(17)27-21)13-24-28(25)26/h5-11,24H,3-4,13H2,1-2H3,(H,25,26). The molecule has 2 aromatic rings. The quantitative estimate of drug-likeness (QED) is 0.707. The zero-order valence-electron chi connectivity index (χ0n) is 15.7. The van der Waals surface area contributed by atoms with Gasteiger partial charge in [-0.1, -0.05) is 38.1 Å². The fourth-order valence-electron chi connectivity index (χ4n) is 3.56. The van der Waals surface area contributed by atoms with Gasteiger partial charge in [0.2, 0.25) is 11.3 Å². The van der Waals surface area contributed by atoms with Crippen LogP contribution >= 0.6 is 0 Å². The van der Waals surface area contributed by atoms with Crippen LogP contribution in [0.25, 0.3) is 5.57 Å². The average Bonchev–Trinajstić information content (AvgIpc) is 2.71. The van der Waals surface area contributed by atoms with Gasteiger partial charge in [0.15, 0.2) is 0 Å². The van der Waals surface area contributed by atoms with Crippen LogP contribution in [0, 0.1) is 17.1 Å². The lowest BCUT2D eigenvalue weighted by Crippen LogP contribution is -2.40. The van der Waals surface area contributed by atoms with Gasteiger partial charge in [0, 0.05) is 17.7 Å². The molecule has 146 valence electrons. The summed E-state index contributed by atoms with van der Waals surface area (Å²) in [7, 11) is 0. The molecule has 1 aliphatic rings. The number of nitrogens with zero attached hydrogens (tertiary/aromatic N) is 1. The van der Waals surface area contributed by atoms with Gasteiger partial charge in [-0.25, -0.2) is 13.3 Å². The molecule has 5 nitrogen and oxygen atoms in total. The maximum atomic E-state index is 13.5. The van der Waals surface area contributed by atoms with Gasteiger partial charge in [0.1, 0.15) is 17.2 Å². The molecule has 0 amide bonds. The molecule has 0 radical (unpaired) electrons. The van der Waals surface area contributed by atoms with Crippen molar-refractivity contribution in [1.29, 1.82) is 5.26 Å². The first-order valence-corrected chi connectivity index (χ1v) is 10.1. The average molecular weight is 400 g/mol. The molecule has 0 aliphatic carbocycles. The van der Waals surface area contributed by atoms with Crippen LogP contribution in [0.2, 0.25) is 0 Å². The molecule has 0 bridgehead atoms. The highest BCUT2D eigenvalue weighted by Crippen LogP contribution is 2.46. The molecule has 0 fully saturated rings. The molecule has 1 heterocycles. The lowest BCUT2D eigenvalue weighted by Gasteiger charge is -2.38. The Morgan fingerprint density at radius 3 is 2.46 bits per heavy atom. The number of nitrogens with one attached hydrogen (secondary N) is 1. The van der Waals surface area contributed by atoms with Gasteiger partial charge in [0.05, 0.1) is 11.6 Å². The van der Waals surface area contributed by atoms with E-state index in [-0.39, 0.29) is 12.4 Å². The summed E-state index contributed by atoms with van der Waals surface area (Å²) in [5.74, 6) is 0.260. The molecule has 2 N–H and O–H groups in total. The summed E-state index contributed by atoms with van der Waals surface area (Å²) < 4.78 is 42.1. The maximum absolute atomic E-state index is 13.5. The summed E-state index contributed by atoms with van der Waals surface area (Å²) in [5, 5.41) is 9.97. The Bertz CT molecular complexity index is 976. The number of benzene rings is 2. The zero-order chi connectivity index (χ0) is 20.3. The molecule has 0 aromatic heterocycles. The smallest absolute Gasteiger partial charge is 0.232 e. The fourth-order valence-corrected chi connectivity index (χ4v) is 3.85. The third kappa shape index (κ3) is 3.72. The van der Waals surface area contributed by atoms with E-state index in [0.29, 0.717) is 24.2 Å². The van der Waals surface area contributed by atoms with Crippen molar-refractivity contribution in [2.45, 2.75) is 38.8 Å². The van der Waals surface area contributed by atoms with Gasteiger partial charge in [-0.2, -0.15) is 5.26 Å². The van der Waals surface area contributed by atoms with Gasteiger partial charge >= 0.3 is 0 Å². The van der Waals surface area contributed by atoms with E-state index < -0.39 is 16.9 Å². The molecule has 28 heavy (non-hydrogen) atoms. The lowest BCUT2D eigenvalue weighted by atomic mass is 9.78. The molecule has 2 aromatic carbocycles. The Morgan fingerprint density at radius 2 is 1.89 bits per heavy atom. The topological polar surface area (TPSA) is 82.3 Å². The largest absolute Gasteiger partial charge is 0.481 e. The lowest BCUT2D eigenvalue weighted by molar-refractivity contribution is 0.0993. The third-order valence-electron chi connectivity index (χ3n) is 5.11. The molecular weight excluding hydrogens is 379 g/mol. The van der Waals surface area contributed by atoms with Crippen molar-refractivity contribution in [2.75, 3.05) is 0 Å². The van der Waals surface area contributed by atoms with Gasteiger partial charge in [-0.15, -0.1) is 0 Å². The van der Waals surface area contributed by atoms with Crippen molar-refractivity contribution in [3.63, 3.8) is 0 Å². The summed E-state index contributed by atoms with van der Waals surface area (Å²) in [6, 6.07) is 13.9. The number of hydrogen-bond acceptors (Lipinski definition) is 3. The highest BCUT2D eigenvalue weighted by molar-refractivity contribution is 7.77. The van der Waals surface area contributed by atoms with Gasteiger partial charge in [-0.3, -0.25) is 4.55 Å². The number of hydrogen-bond donors (Lipinski definition) is 2. The van der Waals surface area contributed by atoms with Crippen molar-refractivity contribution in [1.82, 2.24) is 4.72 Å². The first-order chi connectivity index (χ1) is 13.4. The number of ether oxygens (including phenoxy) is 1. The fraction of sp³-hybridized carbons (Fsp3) is 0.286. The molecule has 1 atom stereocenters. The SMILES string of the molecule is CCC1(CC)Oc2cc(CNS(=O)O)ccc2C(c2ccc(F)cc2)=C1C#N. The highest BCUT2D eigenvalue weighted by atomic mass is 32.2. The van der Waals surface area contributed by atoms with Crippen LogP contribution in [-0.4, -0.2) is 14.4 Å². The second kappa shape index (κ2) is 8.23. The van der Waals surface area contributed by atoms with Crippen molar-refractivity contribution in [3.8, 4) is 11.8 Å². The predicted molar refractivity (Wildman–Crippen MR) is 106 cm³/mol. The van der Waals surface area contributed by atoms with Crippen LogP contribution in [0.3, 0.4) is 0 Å². The molecule has 0 saturated carbocycles. The van der Waals surface area contributed by atoms with Crippen LogP contribution in [0.5, 0.6) is 5.75 Å². The van der Waals surface area contributed by atoms with E-state index in [4.69, 9.17) is 9.29 Å². The van der Waals surface area contributed by atoms with Crippen LogP contribution < -0.4 is 9.46 Å². The van der Waals surface area contributed by atoms with Gasteiger partial charge in [0.25, 0.3) is 0 Å². The van der Waals surface area contributed by atoms with E-state index in [1.807, 2.05) is 32.0 Å². The van der Waals surface area contributed by atoms with E-state index >= 15 is 0 Å². The number of fused-ring (bicyclic) bond motifs is 1. The summed E-state index contributed by atoms with van der Waals surface area (Å²) in [5.41, 5.74) is 2.75. The number of nitriles is 1. The minimum Gasteiger partial charge on any atom is -0.481 e. The maximum Gasteiger partial charge on any atom is 0.232 e. The normalized spacial score (nSPS) is 16.1. The van der Waals surface area contributed by atoms with Crippen molar-refractivity contribution >= 4 is 16.8 Å². The molecule has 0 spiro atoms.